The molecule has 3 N–H and O–H groups in total. The average Bonchev–Trinajstić information content (AvgIpc) is 3.61. The Labute approximate surface area is 314 Å². The smallest absolute Gasteiger partial charge is 0.324 e. The third-order valence-electron chi connectivity index (χ3n) is 8.99. The van der Waals surface area contributed by atoms with E-state index in [1.165, 1.54) is 0 Å². The van der Waals surface area contributed by atoms with Gasteiger partial charge in [-0.2, -0.15) is 5.10 Å². The van der Waals surface area contributed by atoms with Crippen molar-refractivity contribution in [2.45, 2.75) is 45.9 Å². The highest BCUT2D eigenvalue weighted by Crippen LogP contribution is 2.33. The third kappa shape index (κ3) is 9.00. The van der Waals surface area contributed by atoms with Crippen LogP contribution < -0.4 is 20.7 Å². The van der Waals surface area contributed by atoms with E-state index in [1.54, 1.807) is 30.4 Å². The molecule has 1 saturated heterocycles. The normalized spacial score (nSPS) is 13.5. The Morgan fingerprint density at radius 3 is 2.43 bits per heavy atom. The van der Waals surface area contributed by atoms with Gasteiger partial charge in [0.15, 0.2) is 0 Å². The Hall–Kier alpha value is -5.89. The predicted octanol–water partition coefficient (Wildman–Crippen LogP) is 7.45. The van der Waals surface area contributed by atoms with Crippen LogP contribution in [0.1, 0.15) is 43.3 Å². The molecule has 1 aliphatic rings. The Morgan fingerprint density at radius 2 is 1.65 bits per heavy atom. The topological polar surface area (TPSA) is 141 Å². The molecule has 13 heteroatoms. The summed E-state index contributed by atoms with van der Waals surface area (Å²) in [4.78, 5) is 29.4. The number of carbonyl (C=O) groups excluding carboxylic acids is 1. The fraction of sp³-hybridized carbons (Fsp3) is 0.293. The number of methoxy groups -OCH3 is 1. The van der Waals surface area contributed by atoms with Crippen LogP contribution in [0, 0.1) is 0 Å². The molecule has 0 saturated carbocycles. The summed E-state index contributed by atoms with van der Waals surface area (Å²) in [6.07, 6.45) is 5.25. The second-order valence-electron chi connectivity index (χ2n) is 14.2. The summed E-state index contributed by atoms with van der Waals surface area (Å²) in [6.45, 7) is 11.1. The molecular weight excluding hydrogens is 683 g/mol. The molecule has 1 aliphatic heterocycles. The van der Waals surface area contributed by atoms with Crippen molar-refractivity contribution < 1.29 is 19.0 Å². The summed E-state index contributed by atoms with van der Waals surface area (Å²) in [5.74, 6) is 2.49. The Kier molecular flexibility index (Phi) is 11.1. The van der Waals surface area contributed by atoms with Crippen molar-refractivity contribution in [2.24, 2.45) is 0 Å². The molecule has 1 fully saturated rings. The number of hydrogen-bond acceptors (Lipinski definition) is 10. The second-order valence-corrected chi connectivity index (χ2v) is 14.2. The SMILES string of the molecule is COCc1cccc(-n2nc(C(C)(C)C)cc2NC(=O)Nc2ccc(OCc3ccnc(Nc4cnc(CN5CCOCC5)cn4)c3)c3ccccc23)c1. The number of hydrogen-bond donors (Lipinski definition) is 3. The molecule has 6 aromatic rings. The first-order valence-corrected chi connectivity index (χ1v) is 18.0. The average molecular weight is 728 g/mol. The van der Waals surface area contributed by atoms with Crippen LogP contribution >= 0.6 is 0 Å². The zero-order valence-corrected chi connectivity index (χ0v) is 31.0. The second kappa shape index (κ2) is 16.4. The van der Waals surface area contributed by atoms with Crippen molar-refractivity contribution in [3.63, 3.8) is 0 Å². The predicted molar refractivity (Wildman–Crippen MR) is 210 cm³/mol. The van der Waals surface area contributed by atoms with Gasteiger partial charge < -0.3 is 24.8 Å². The molecule has 278 valence electrons. The highest BCUT2D eigenvalue weighted by Gasteiger charge is 2.22. The van der Waals surface area contributed by atoms with E-state index in [0.717, 1.165) is 71.8 Å². The van der Waals surface area contributed by atoms with Gasteiger partial charge in [-0.15, -0.1) is 0 Å². The first-order chi connectivity index (χ1) is 26.2. The van der Waals surface area contributed by atoms with Gasteiger partial charge in [0, 0.05) is 55.2 Å². The van der Waals surface area contributed by atoms with E-state index >= 15 is 0 Å². The quantitative estimate of drug-likeness (QED) is 0.116. The highest BCUT2D eigenvalue weighted by atomic mass is 16.5. The van der Waals surface area contributed by atoms with Crippen LogP contribution in [0.2, 0.25) is 0 Å². The molecular formula is C41H45N9O4. The number of aromatic nitrogens is 5. The van der Waals surface area contributed by atoms with E-state index in [-0.39, 0.29) is 5.41 Å². The molecule has 4 heterocycles. The van der Waals surface area contributed by atoms with Crippen molar-refractivity contribution in [3.05, 3.63) is 120 Å². The fourth-order valence-corrected chi connectivity index (χ4v) is 6.17. The minimum atomic E-state index is -0.392. The number of carbonyl (C=O) groups is 1. The van der Waals surface area contributed by atoms with Crippen LogP contribution in [0.4, 0.5) is 27.9 Å². The van der Waals surface area contributed by atoms with E-state index in [0.29, 0.717) is 42.1 Å². The summed E-state index contributed by atoms with van der Waals surface area (Å²) in [5, 5.41) is 15.9. The molecule has 54 heavy (non-hydrogen) atoms. The van der Waals surface area contributed by atoms with E-state index in [4.69, 9.17) is 19.3 Å². The molecule has 2 amide bonds. The van der Waals surface area contributed by atoms with Crippen LogP contribution in [-0.4, -0.2) is 69.1 Å². The van der Waals surface area contributed by atoms with Crippen LogP contribution in [-0.2, 0) is 34.6 Å². The zero-order valence-electron chi connectivity index (χ0n) is 31.0. The molecule has 13 nitrogen and oxygen atoms in total. The number of urea groups is 1. The number of rotatable bonds is 12. The van der Waals surface area contributed by atoms with Crippen molar-refractivity contribution in [1.29, 1.82) is 0 Å². The first-order valence-electron chi connectivity index (χ1n) is 18.0. The van der Waals surface area contributed by atoms with Gasteiger partial charge in [-0.25, -0.2) is 19.4 Å². The summed E-state index contributed by atoms with van der Waals surface area (Å²) < 4.78 is 18.9. The van der Waals surface area contributed by atoms with E-state index in [9.17, 15) is 4.79 Å². The van der Waals surface area contributed by atoms with Gasteiger partial charge >= 0.3 is 6.03 Å². The number of benzene rings is 3. The first kappa shape index (κ1) is 36.5. The van der Waals surface area contributed by atoms with Gasteiger partial charge in [0.2, 0.25) is 0 Å². The van der Waals surface area contributed by atoms with E-state index in [2.05, 4.69) is 56.6 Å². The Balaban J connectivity index is 1.02. The third-order valence-corrected chi connectivity index (χ3v) is 8.99. The van der Waals surface area contributed by atoms with Gasteiger partial charge in [-0.3, -0.25) is 15.2 Å². The molecule has 3 aromatic carbocycles. The zero-order chi connectivity index (χ0) is 37.5. The fourth-order valence-electron chi connectivity index (χ4n) is 6.17. The van der Waals surface area contributed by atoms with Crippen molar-refractivity contribution >= 4 is 39.9 Å². The summed E-state index contributed by atoms with van der Waals surface area (Å²) in [6, 6.07) is 24.8. The monoisotopic (exact) mass is 727 g/mol. The largest absolute Gasteiger partial charge is 0.488 e. The lowest BCUT2D eigenvalue weighted by Crippen LogP contribution is -2.35. The minimum absolute atomic E-state index is 0.229. The molecule has 3 aromatic heterocycles. The maximum atomic E-state index is 13.6. The number of morpholine rings is 1. The summed E-state index contributed by atoms with van der Waals surface area (Å²) in [7, 11) is 1.66. The number of anilines is 4. The standard InChI is InChI=1S/C41H45N9O4/c1-41(2,3)36-22-39(50(48-36)31-9-7-8-28(20-31)26-52-4)47-40(51)45-34-12-13-35(33-11-6-5-10-32(33)34)54-27-29-14-15-42-37(21-29)46-38-24-43-30(23-44-38)25-49-16-18-53-19-17-49/h5-15,20-24H,16-19,25-27H2,1-4H3,(H,42,44,46)(H2,45,47,51). The van der Waals surface area contributed by atoms with Gasteiger partial charge in [-0.1, -0.05) is 57.2 Å². The molecule has 0 bridgehead atoms. The molecule has 0 aliphatic carbocycles. The van der Waals surface area contributed by atoms with Crippen LogP contribution in [0.5, 0.6) is 5.75 Å². The number of nitrogens with zero attached hydrogens (tertiary/aromatic N) is 6. The van der Waals surface area contributed by atoms with Crippen molar-refractivity contribution in [1.82, 2.24) is 29.6 Å². The van der Waals surface area contributed by atoms with Gasteiger partial charge in [-0.05, 0) is 47.5 Å². The van der Waals surface area contributed by atoms with Crippen LogP contribution in [0.3, 0.4) is 0 Å². The number of pyridine rings is 1. The Bertz CT molecular complexity index is 2210. The van der Waals surface area contributed by atoms with Gasteiger partial charge in [0.05, 0.1) is 55.0 Å². The van der Waals surface area contributed by atoms with Crippen molar-refractivity contribution in [2.75, 3.05) is 49.4 Å². The number of ether oxygens (including phenoxy) is 3. The summed E-state index contributed by atoms with van der Waals surface area (Å²) in [5.41, 5.74) is 4.93. The Morgan fingerprint density at radius 1 is 0.833 bits per heavy atom. The number of fused-ring (bicyclic) bond motifs is 1. The van der Waals surface area contributed by atoms with Crippen LogP contribution in [0.25, 0.3) is 16.5 Å². The summed E-state index contributed by atoms with van der Waals surface area (Å²) >= 11 is 0. The van der Waals surface area contributed by atoms with Crippen LogP contribution in [0.15, 0.2) is 97.5 Å². The minimum Gasteiger partial charge on any atom is -0.488 e. The molecule has 0 unspecified atom stereocenters. The maximum absolute atomic E-state index is 13.6. The lowest BCUT2D eigenvalue weighted by atomic mass is 9.92. The number of amides is 2. The molecule has 0 atom stereocenters. The highest BCUT2D eigenvalue weighted by molar-refractivity contribution is 6.07. The van der Waals surface area contributed by atoms with Gasteiger partial charge in [0.25, 0.3) is 0 Å². The lowest BCUT2D eigenvalue weighted by molar-refractivity contribution is 0.0336. The lowest BCUT2D eigenvalue weighted by Gasteiger charge is -2.25. The van der Waals surface area contributed by atoms with E-state index < -0.39 is 6.03 Å². The molecule has 0 radical (unpaired) electrons. The molecule has 0 spiro atoms. The van der Waals surface area contributed by atoms with Crippen molar-refractivity contribution in [3.8, 4) is 11.4 Å². The molecule has 7 rings (SSSR count). The number of nitrogens with one attached hydrogen (secondary N) is 3. The maximum Gasteiger partial charge on any atom is 0.324 e. The van der Waals surface area contributed by atoms with Gasteiger partial charge in [0.1, 0.15) is 29.8 Å². The van der Waals surface area contributed by atoms with E-state index in [1.807, 2.05) is 78.9 Å².